The molecule has 4 aliphatic rings. The monoisotopic (exact) mass is 682 g/mol. The molecule has 248 valence electrons. The van der Waals surface area contributed by atoms with Gasteiger partial charge in [0.15, 0.2) is 0 Å². The zero-order valence-electron chi connectivity index (χ0n) is 28.9. The molecule has 0 aliphatic carbocycles. The summed E-state index contributed by atoms with van der Waals surface area (Å²) in [5.41, 5.74) is 11.5. The summed E-state index contributed by atoms with van der Waals surface area (Å²) < 4.78 is 33.4. The Morgan fingerprint density at radius 3 is 1.40 bits per heavy atom. The van der Waals surface area contributed by atoms with Crippen molar-refractivity contribution in [1.29, 1.82) is 0 Å². The molecule has 8 heteroatoms. The maximum atomic E-state index is 7.27. The van der Waals surface area contributed by atoms with Gasteiger partial charge in [0.1, 0.15) is 34.5 Å². The van der Waals surface area contributed by atoms with Crippen LogP contribution in [0.15, 0.2) is 127 Å². The normalized spacial score (nSPS) is 14.2. The maximum absolute atomic E-state index is 7.27. The first-order chi connectivity index (χ1) is 26.1. The molecule has 0 radical (unpaired) electrons. The van der Waals surface area contributed by atoms with E-state index in [1.807, 2.05) is 0 Å². The molecule has 0 unspecified atom stereocenters. The second-order valence-electron chi connectivity index (χ2n) is 14.9. The van der Waals surface area contributed by atoms with Gasteiger partial charge in [-0.15, -0.1) is 0 Å². The highest BCUT2D eigenvalue weighted by atomic mass is 16.5. The molecule has 0 fully saturated rings. The van der Waals surface area contributed by atoms with Gasteiger partial charge in [-0.2, -0.15) is 0 Å². The number of benzene rings is 7. The molecule has 6 heterocycles. The van der Waals surface area contributed by atoms with E-state index >= 15 is 0 Å². The van der Waals surface area contributed by atoms with E-state index in [0.29, 0.717) is 0 Å². The summed E-state index contributed by atoms with van der Waals surface area (Å²) in [5.74, 6) is 4.94. The largest absolute Gasteiger partial charge is 0.550 e. The summed E-state index contributed by atoms with van der Waals surface area (Å²) in [6.07, 6.45) is 0. The van der Waals surface area contributed by atoms with Gasteiger partial charge in [-0.1, -0.05) is 92.7 Å². The summed E-state index contributed by atoms with van der Waals surface area (Å²) in [5, 5.41) is 4.72. The Bertz CT molecular complexity index is 2940. The minimum absolute atomic E-state index is 0.0759. The van der Waals surface area contributed by atoms with Crippen LogP contribution in [0.4, 0.5) is 0 Å². The van der Waals surface area contributed by atoms with Crippen molar-refractivity contribution >= 4 is 79.3 Å². The van der Waals surface area contributed by atoms with Crippen LogP contribution in [-0.4, -0.2) is 23.0 Å². The second kappa shape index (κ2) is 9.66. The molecule has 0 spiro atoms. The zero-order chi connectivity index (χ0) is 34.7. The van der Waals surface area contributed by atoms with Crippen molar-refractivity contribution in [2.75, 3.05) is 0 Å². The fourth-order valence-corrected chi connectivity index (χ4v) is 9.71. The van der Waals surface area contributed by atoms with Gasteiger partial charge >= 0.3 is 13.8 Å². The van der Waals surface area contributed by atoms with E-state index in [2.05, 4.69) is 150 Å². The van der Waals surface area contributed by atoms with Gasteiger partial charge in [0, 0.05) is 60.3 Å². The molecular weight excluding hydrogens is 654 g/mol. The third-order valence-corrected chi connectivity index (χ3v) is 11.8. The molecule has 2 aromatic heterocycles. The van der Waals surface area contributed by atoms with Gasteiger partial charge in [-0.3, -0.25) is 0 Å². The Morgan fingerprint density at radius 1 is 0.472 bits per heavy atom. The predicted octanol–water partition coefficient (Wildman–Crippen LogP) is 8.21. The fourth-order valence-electron chi connectivity index (χ4n) is 9.71. The molecule has 0 amide bonds. The Morgan fingerprint density at radius 2 is 0.906 bits per heavy atom. The Balaban J connectivity index is 1.09. The molecule has 0 bridgehead atoms. The molecule has 13 rings (SSSR count). The molecule has 0 saturated heterocycles. The van der Waals surface area contributed by atoms with E-state index in [-0.39, 0.29) is 5.92 Å². The number of fused-ring (bicyclic) bond motifs is 12. The third-order valence-electron chi connectivity index (χ3n) is 11.8. The highest BCUT2D eigenvalue weighted by molar-refractivity contribution is 6.87. The van der Waals surface area contributed by atoms with Crippen molar-refractivity contribution in [2.45, 2.75) is 19.8 Å². The molecule has 53 heavy (non-hydrogen) atoms. The lowest BCUT2D eigenvalue weighted by Crippen LogP contribution is -2.57. The van der Waals surface area contributed by atoms with Crippen molar-refractivity contribution in [3.8, 4) is 45.9 Å². The quantitative estimate of drug-likeness (QED) is 0.164. The number of nitrogens with zero attached hydrogens (tertiary/aromatic N) is 2. The summed E-state index contributed by atoms with van der Waals surface area (Å²) in [7, 11) is 0. The summed E-state index contributed by atoms with van der Waals surface area (Å²) in [4.78, 5) is 0. The van der Waals surface area contributed by atoms with Gasteiger partial charge in [0.2, 0.25) is 0 Å². The summed E-state index contributed by atoms with van der Waals surface area (Å²) in [6, 6.07) is 44.9. The van der Waals surface area contributed by atoms with E-state index in [1.165, 1.54) is 21.5 Å². The standard InChI is InChI=1S/C45H28B2N2O4/c1-24(2)39-44-29(46-40-33(17-9-19-35(40)50-44)48-31-15-5-3-11-25(31)27-13-7-21-37(52-46)42(27)48)23-30-45(39)51-36-20-10-18-34-41(36)47(30)53-38-22-8-14-28-26-12-4-6-16-32(26)49(34)43(28)38/h3-24H,1-2H3. The lowest BCUT2D eigenvalue weighted by atomic mass is 9.48. The number of para-hydroxylation sites is 4. The average Bonchev–Trinajstić information content (AvgIpc) is 3.58. The first-order valence-electron chi connectivity index (χ1n) is 18.3. The van der Waals surface area contributed by atoms with Crippen molar-refractivity contribution in [1.82, 2.24) is 9.13 Å². The maximum Gasteiger partial charge on any atom is 0.436 e. The van der Waals surface area contributed by atoms with E-state index in [9.17, 15) is 0 Å². The van der Waals surface area contributed by atoms with Gasteiger partial charge in [-0.05, 0) is 54.4 Å². The second-order valence-corrected chi connectivity index (χ2v) is 14.9. The molecular formula is C45H28B2N2O4. The van der Waals surface area contributed by atoms with Crippen LogP contribution >= 0.6 is 0 Å². The number of rotatable bonds is 1. The van der Waals surface area contributed by atoms with Crippen LogP contribution in [0.5, 0.6) is 34.5 Å². The highest BCUT2D eigenvalue weighted by Gasteiger charge is 2.47. The van der Waals surface area contributed by atoms with Crippen LogP contribution in [0, 0.1) is 0 Å². The summed E-state index contributed by atoms with van der Waals surface area (Å²) >= 11 is 0. The van der Waals surface area contributed by atoms with Gasteiger partial charge in [-0.25, -0.2) is 0 Å². The van der Waals surface area contributed by atoms with Crippen LogP contribution in [-0.2, 0) is 0 Å². The van der Waals surface area contributed by atoms with Crippen molar-refractivity contribution in [2.24, 2.45) is 0 Å². The fraction of sp³-hybridized carbons (Fsp3) is 0.0667. The first-order valence-corrected chi connectivity index (χ1v) is 18.3. The van der Waals surface area contributed by atoms with E-state index in [4.69, 9.17) is 18.8 Å². The summed E-state index contributed by atoms with van der Waals surface area (Å²) in [6.45, 7) is 3.56. The lowest BCUT2D eigenvalue weighted by molar-refractivity contribution is 0.444. The lowest BCUT2D eigenvalue weighted by Gasteiger charge is -2.34. The zero-order valence-corrected chi connectivity index (χ0v) is 28.9. The topological polar surface area (TPSA) is 46.8 Å². The van der Waals surface area contributed by atoms with Crippen LogP contribution in [0.2, 0.25) is 0 Å². The van der Waals surface area contributed by atoms with Gasteiger partial charge < -0.3 is 27.9 Å². The molecule has 0 N–H and O–H groups in total. The predicted molar refractivity (Wildman–Crippen MR) is 214 cm³/mol. The Hall–Kier alpha value is -6.53. The number of aromatic nitrogens is 2. The van der Waals surface area contributed by atoms with E-state index in [0.717, 1.165) is 95.4 Å². The Kier molecular flexibility index (Phi) is 5.12. The van der Waals surface area contributed by atoms with Crippen LogP contribution in [0.1, 0.15) is 25.3 Å². The minimum atomic E-state index is -0.430. The molecule has 0 atom stereocenters. The van der Waals surface area contributed by atoms with E-state index < -0.39 is 13.8 Å². The SMILES string of the molecule is CC(C)c1c2c(cc3c1Oc1cccc4c1B3Oc1cccc3c5ccccc5n-4c13)B1Oc3cccc4c5ccccc5n(c34)-c3cccc(c31)O2. The molecule has 4 aliphatic heterocycles. The molecule has 7 aromatic carbocycles. The molecule has 0 saturated carbocycles. The highest BCUT2D eigenvalue weighted by Crippen LogP contribution is 2.46. The first kappa shape index (κ1) is 28.1. The minimum Gasteiger partial charge on any atom is -0.550 e. The van der Waals surface area contributed by atoms with Crippen LogP contribution < -0.4 is 40.6 Å². The average molecular weight is 682 g/mol. The number of hydrogen-bond donors (Lipinski definition) is 0. The number of ether oxygens (including phenoxy) is 2. The van der Waals surface area contributed by atoms with Crippen molar-refractivity contribution < 1.29 is 18.8 Å². The van der Waals surface area contributed by atoms with Crippen molar-refractivity contribution in [3.05, 3.63) is 133 Å². The van der Waals surface area contributed by atoms with Crippen molar-refractivity contribution in [3.63, 3.8) is 0 Å². The number of hydrogen-bond acceptors (Lipinski definition) is 4. The third kappa shape index (κ3) is 3.38. The molecule has 6 nitrogen and oxygen atoms in total. The van der Waals surface area contributed by atoms with E-state index in [1.54, 1.807) is 0 Å². The molecule has 9 aromatic rings. The van der Waals surface area contributed by atoms with Crippen LogP contribution in [0.25, 0.3) is 55.0 Å². The van der Waals surface area contributed by atoms with Crippen LogP contribution in [0.3, 0.4) is 0 Å². The Labute approximate surface area is 304 Å². The smallest absolute Gasteiger partial charge is 0.436 e. The van der Waals surface area contributed by atoms with Gasteiger partial charge in [0.05, 0.1) is 22.1 Å². The van der Waals surface area contributed by atoms with Gasteiger partial charge in [0.25, 0.3) is 0 Å².